The SMILES string of the molecule is CC1(C(=O)O)CCCCN1C(=O)C1Cc2ccccc2C1. The topological polar surface area (TPSA) is 57.6 Å². The van der Waals surface area contributed by atoms with Crippen LogP contribution in [-0.4, -0.2) is 34.0 Å². The quantitative estimate of drug-likeness (QED) is 0.907. The van der Waals surface area contributed by atoms with E-state index in [1.54, 1.807) is 11.8 Å². The van der Waals surface area contributed by atoms with Crippen LogP contribution in [0.5, 0.6) is 0 Å². The predicted molar refractivity (Wildman–Crippen MR) is 78.9 cm³/mol. The molecule has 1 saturated heterocycles. The second kappa shape index (κ2) is 5.17. The number of likely N-dealkylation sites (tertiary alicyclic amines) is 1. The standard InChI is InChI=1S/C17H21NO3/c1-17(16(20)21)8-4-5-9-18(17)15(19)14-10-12-6-2-3-7-13(12)11-14/h2-3,6-7,14H,4-5,8-11H2,1H3,(H,20,21). The molecule has 1 amide bonds. The van der Waals surface area contributed by atoms with Crippen LogP contribution >= 0.6 is 0 Å². The summed E-state index contributed by atoms with van der Waals surface area (Å²) in [6, 6.07) is 8.12. The highest BCUT2D eigenvalue weighted by Crippen LogP contribution is 2.34. The van der Waals surface area contributed by atoms with Crippen LogP contribution in [0.4, 0.5) is 0 Å². The smallest absolute Gasteiger partial charge is 0.329 e. The van der Waals surface area contributed by atoms with Gasteiger partial charge in [0.05, 0.1) is 0 Å². The van der Waals surface area contributed by atoms with Crippen molar-refractivity contribution in [2.45, 2.75) is 44.6 Å². The van der Waals surface area contributed by atoms with Crippen molar-refractivity contribution in [2.75, 3.05) is 6.54 Å². The highest BCUT2D eigenvalue weighted by atomic mass is 16.4. The number of carbonyl (C=O) groups is 2. The summed E-state index contributed by atoms with van der Waals surface area (Å²) >= 11 is 0. The van der Waals surface area contributed by atoms with Crippen LogP contribution in [0, 0.1) is 5.92 Å². The molecular formula is C17H21NO3. The van der Waals surface area contributed by atoms with E-state index >= 15 is 0 Å². The van der Waals surface area contributed by atoms with Gasteiger partial charge < -0.3 is 10.0 Å². The van der Waals surface area contributed by atoms with E-state index in [2.05, 4.69) is 12.1 Å². The van der Waals surface area contributed by atoms with Gasteiger partial charge in [-0.15, -0.1) is 0 Å². The van der Waals surface area contributed by atoms with Gasteiger partial charge >= 0.3 is 5.97 Å². The number of fused-ring (bicyclic) bond motifs is 1. The first-order valence-electron chi connectivity index (χ1n) is 7.64. The van der Waals surface area contributed by atoms with Gasteiger partial charge in [0.2, 0.25) is 5.91 Å². The van der Waals surface area contributed by atoms with Crippen LogP contribution in [0.1, 0.15) is 37.3 Å². The first-order valence-corrected chi connectivity index (χ1v) is 7.64. The van der Waals surface area contributed by atoms with Gasteiger partial charge in [-0.3, -0.25) is 4.79 Å². The normalized spacial score (nSPS) is 25.7. The number of hydrogen-bond acceptors (Lipinski definition) is 2. The number of carboxylic acids is 1. The monoisotopic (exact) mass is 287 g/mol. The highest BCUT2D eigenvalue weighted by Gasteiger charge is 2.46. The zero-order chi connectivity index (χ0) is 15.0. The Labute approximate surface area is 124 Å². The van der Waals surface area contributed by atoms with Crippen molar-refractivity contribution in [1.29, 1.82) is 0 Å². The maximum atomic E-state index is 12.9. The van der Waals surface area contributed by atoms with Crippen molar-refractivity contribution >= 4 is 11.9 Å². The molecular weight excluding hydrogens is 266 g/mol. The summed E-state index contributed by atoms with van der Waals surface area (Å²) < 4.78 is 0. The lowest BCUT2D eigenvalue weighted by atomic mass is 9.87. The third-order valence-electron chi connectivity index (χ3n) is 5.02. The fourth-order valence-electron chi connectivity index (χ4n) is 3.65. The number of benzene rings is 1. The van der Waals surface area contributed by atoms with Gasteiger partial charge in [-0.25, -0.2) is 4.79 Å². The largest absolute Gasteiger partial charge is 0.480 e. The molecule has 21 heavy (non-hydrogen) atoms. The van der Waals surface area contributed by atoms with Crippen LogP contribution < -0.4 is 0 Å². The molecule has 1 aliphatic heterocycles. The van der Waals surface area contributed by atoms with Crippen LogP contribution in [-0.2, 0) is 22.4 Å². The Morgan fingerprint density at radius 2 is 1.81 bits per heavy atom. The van der Waals surface area contributed by atoms with Crippen LogP contribution in [0.15, 0.2) is 24.3 Å². The molecule has 1 aliphatic carbocycles. The zero-order valence-electron chi connectivity index (χ0n) is 12.3. The second-order valence-electron chi connectivity index (χ2n) is 6.40. The molecule has 1 aromatic carbocycles. The molecule has 0 aromatic heterocycles. The lowest BCUT2D eigenvalue weighted by molar-refractivity contribution is -0.162. The molecule has 1 N–H and O–H groups in total. The van der Waals surface area contributed by atoms with E-state index in [0.29, 0.717) is 13.0 Å². The number of amides is 1. The Balaban J connectivity index is 1.81. The van der Waals surface area contributed by atoms with Crippen molar-refractivity contribution in [2.24, 2.45) is 5.92 Å². The molecule has 1 fully saturated rings. The zero-order valence-corrected chi connectivity index (χ0v) is 12.3. The van der Waals surface area contributed by atoms with Crippen LogP contribution in [0.2, 0.25) is 0 Å². The summed E-state index contributed by atoms with van der Waals surface area (Å²) in [6.45, 7) is 2.25. The molecule has 0 radical (unpaired) electrons. The maximum Gasteiger partial charge on any atom is 0.329 e. The Morgan fingerprint density at radius 3 is 2.38 bits per heavy atom. The molecule has 1 heterocycles. The maximum absolute atomic E-state index is 12.9. The Bertz CT molecular complexity index is 558. The van der Waals surface area contributed by atoms with Crippen molar-refractivity contribution in [3.05, 3.63) is 35.4 Å². The number of hydrogen-bond donors (Lipinski definition) is 1. The van der Waals surface area contributed by atoms with Crippen molar-refractivity contribution in [3.63, 3.8) is 0 Å². The summed E-state index contributed by atoms with van der Waals surface area (Å²) in [5.41, 5.74) is 1.42. The van der Waals surface area contributed by atoms with Crippen LogP contribution in [0.3, 0.4) is 0 Å². The molecule has 3 rings (SSSR count). The average Bonchev–Trinajstić information content (AvgIpc) is 2.91. The average molecular weight is 287 g/mol. The van der Waals surface area contributed by atoms with E-state index in [9.17, 15) is 14.7 Å². The third-order valence-corrected chi connectivity index (χ3v) is 5.02. The number of nitrogens with zero attached hydrogens (tertiary/aromatic N) is 1. The number of piperidine rings is 1. The summed E-state index contributed by atoms with van der Waals surface area (Å²) in [7, 11) is 0. The van der Waals surface area contributed by atoms with E-state index in [0.717, 1.165) is 25.7 Å². The molecule has 112 valence electrons. The second-order valence-corrected chi connectivity index (χ2v) is 6.40. The first kappa shape index (κ1) is 14.1. The van der Waals surface area contributed by atoms with Gasteiger partial charge in [-0.1, -0.05) is 24.3 Å². The van der Waals surface area contributed by atoms with E-state index in [1.807, 2.05) is 12.1 Å². The number of carbonyl (C=O) groups excluding carboxylic acids is 1. The molecule has 1 aromatic rings. The van der Waals surface area contributed by atoms with E-state index in [-0.39, 0.29) is 11.8 Å². The van der Waals surface area contributed by atoms with Gasteiger partial charge in [0.25, 0.3) is 0 Å². The minimum atomic E-state index is -1.04. The molecule has 0 bridgehead atoms. The molecule has 0 spiro atoms. The fourth-order valence-corrected chi connectivity index (χ4v) is 3.65. The predicted octanol–water partition coefficient (Wildman–Crippen LogP) is 2.26. The van der Waals surface area contributed by atoms with Gasteiger partial charge in [0, 0.05) is 12.5 Å². The molecule has 1 atom stereocenters. The summed E-state index contributed by atoms with van der Waals surface area (Å²) in [5.74, 6) is -0.971. The van der Waals surface area contributed by atoms with Gasteiger partial charge in [-0.05, 0) is 50.2 Å². The van der Waals surface area contributed by atoms with Gasteiger partial charge in [0.15, 0.2) is 0 Å². The number of carboxylic acid groups (broad SMARTS) is 1. The van der Waals surface area contributed by atoms with Gasteiger partial charge in [0.1, 0.15) is 5.54 Å². The van der Waals surface area contributed by atoms with Crippen LogP contribution in [0.25, 0.3) is 0 Å². The summed E-state index contributed by atoms with van der Waals surface area (Å²) in [6.07, 6.45) is 3.79. The summed E-state index contributed by atoms with van der Waals surface area (Å²) in [5, 5.41) is 9.54. The van der Waals surface area contributed by atoms with Crippen molar-refractivity contribution < 1.29 is 14.7 Å². The minimum Gasteiger partial charge on any atom is -0.480 e. The minimum absolute atomic E-state index is 0.0100. The lowest BCUT2D eigenvalue weighted by Crippen LogP contribution is -2.58. The molecule has 1 unspecified atom stereocenters. The molecule has 2 aliphatic rings. The van der Waals surface area contributed by atoms with E-state index in [1.165, 1.54) is 11.1 Å². The van der Waals surface area contributed by atoms with Crippen molar-refractivity contribution in [1.82, 2.24) is 4.90 Å². The highest BCUT2D eigenvalue weighted by molar-refractivity contribution is 5.88. The molecule has 4 nitrogen and oxygen atoms in total. The van der Waals surface area contributed by atoms with Gasteiger partial charge in [-0.2, -0.15) is 0 Å². The Morgan fingerprint density at radius 1 is 1.19 bits per heavy atom. The number of aliphatic carboxylic acids is 1. The molecule has 0 saturated carbocycles. The van der Waals surface area contributed by atoms with Crippen molar-refractivity contribution in [3.8, 4) is 0 Å². The third kappa shape index (κ3) is 2.33. The summed E-state index contributed by atoms with van der Waals surface area (Å²) in [4.78, 5) is 26.1. The van der Waals surface area contributed by atoms with E-state index in [4.69, 9.17) is 0 Å². The van der Waals surface area contributed by atoms with E-state index < -0.39 is 11.5 Å². The Kier molecular flexibility index (Phi) is 3.47. The molecule has 4 heteroatoms. The lowest BCUT2D eigenvalue weighted by Gasteiger charge is -2.42. The Hall–Kier alpha value is -1.84. The number of rotatable bonds is 2. The fraction of sp³-hybridized carbons (Fsp3) is 0.529. The first-order chi connectivity index (χ1) is 10.0.